The number of rotatable bonds is 7. The van der Waals surface area contributed by atoms with E-state index in [1.54, 1.807) is 38.2 Å². The summed E-state index contributed by atoms with van der Waals surface area (Å²) >= 11 is 6.00. The van der Waals surface area contributed by atoms with Crippen molar-refractivity contribution >= 4 is 34.1 Å². The molecular weight excluding hydrogens is 310 g/mol. The molecule has 1 heterocycles. The summed E-state index contributed by atoms with van der Waals surface area (Å²) in [5.41, 5.74) is 1.48. The van der Waals surface area contributed by atoms with E-state index in [-0.39, 0.29) is 19.0 Å². The van der Waals surface area contributed by atoms with E-state index in [0.717, 1.165) is 16.0 Å². The summed E-state index contributed by atoms with van der Waals surface area (Å²) in [6, 6.07) is 6.73. The second-order valence-corrected chi connectivity index (χ2v) is 5.76. The van der Waals surface area contributed by atoms with Gasteiger partial charge in [-0.3, -0.25) is 9.78 Å². The fourth-order valence-corrected chi connectivity index (χ4v) is 2.40. The first-order valence-electron chi connectivity index (χ1n) is 9.58. The molecule has 0 saturated carbocycles. The Bertz CT molecular complexity index is 831. The Hall–Kier alpha value is -1.81. The van der Waals surface area contributed by atoms with Gasteiger partial charge in [-0.15, -0.1) is 0 Å². The van der Waals surface area contributed by atoms with Crippen LogP contribution in [0.15, 0.2) is 30.5 Å². The van der Waals surface area contributed by atoms with Crippen molar-refractivity contribution in [1.29, 1.82) is 0 Å². The van der Waals surface area contributed by atoms with Crippen LogP contribution in [0.1, 0.15) is 39.0 Å². The number of carbonyl (C=O) groups is 1. The number of anilines is 1. The van der Waals surface area contributed by atoms with Crippen molar-refractivity contribution in [3.8, 4) is 0 Å². The molecule has 0 saturated heterocycles. The Morgan fingerprint density at radius 3 is 2.96 bits per heavy atom. The minimum absolute atomic E-state index is 0.0966. The van der Waals surface area contributed by atoms with E-state index in [1.165, 1.54) is 6.92 Å². The summed E-state index contributed by atoms with van der Waals surface area (Å²) in [6.07, 6.45) is -0.732. The van der Waals surface area contributed by atoms with Crippen molar-refractivity contribution in [2.45, 2.75) is 39.6 Å². The van der Waals surface area contributed by atoms with Gasteiger partial charge in [-0.1, -0.05) is 11.6 Å². The van der Waals surface area contributed by atoms with Crippen molar-refractivity contribution < 1.29 is 10.3 Å². The van der Waals surface area contributed by atoms with E-state index >= 15 is 0 Å². The molecule has 1 amide bonds. The molecule has 1 aromatic heterocycles. The van der Waals surface area contributed by atoms with E-state index in [0.29, 0.717) is 10.5 Å². The fourth-order valence-electron chi connectivity index (χ4n) is 2.24. The maximum Gasteiger partial charge on any atom is 0.219 e. The van der Waals surface area contributed by atoms with Crippen molar-refractivity contribution in [1.82, 2.24) is 9.88 Å². The molecule has 0 spiro atoms. The third-order valence-electron chi connectivity index (χ3n) is 3.43. The maximum atomic E-state index is 11.7. The first-order valence-corrected chi connectivity index (χ1v) is 7.96. The van der Waals surface area contributed by atoms with Gasteiger partial charge in [-0.2, -0.15) is 0 Å². The average molecular weight is 338 g/mol. The molecule has 1 N–H and O–H groups in total. The predicted octanol–water partition coefficient (Wildman–Crippen LogP) is 4.34. The van der Waals surface area contributed by atoms with Crippen LogP contribution in [-0.4, -0.2) is 34.9 Å². The van der Waals surface area contributed by atoms with Gasteiger partial charge in [0.15, 0.2) is 0 Å². The lowest BCUT2D eigenvalue weighted by molar-refractivity contribution is -0.128. The highest BCUT2D eigenvalue weighted by Gasteiger charge is 2.09. The van der Waals surface area contributed by atoms with Crippen LogP contribution in [0.25, 0.3) is 10.9 Å². The number of pyridine rings is 1. The minimum Gasteiger partial charge on any atom is -0.382 e. The molecule has 1 unspecified atom stereocenters. The summed E-state index contributed by atoms with van der Waals surface area (Å²) in [4.78, 5) is 16.9. The predicted molar refractivity (Wildman–Crippen MR) is 97.0 cm³/mol. The van der Waals surface area contributed by atoms with E-state index in [1.807, 2.05) is 6.07 Å². The summed E-state index contributed by atoms with van der Waals surface area (Å²) in [5, 5.41) is 4.65. The van der Waals surface area contributed by atoms with Crippen LogP contribution in [0.2, 0.25) is 5.02 Å². The highest BCUT2D eigenvalue weighted by Crippen LogP contribution is 2.25. The molecule has 4 nitrogen and oxygen atoms in total. The van der Waals surface area contributed by atoms with Crippen LogP contribution < -0.4 is 5.32 Å². The lowest BCUT2D eigenvalue weighted by atomic mass is 10.1. The number of aromatic nitrogens is 1. The lowest BCUT2D eigenvalue weighted by Crippen LogP contribution is -2.30. The Labute approximate surface area is 148 Å². The number of fused-ring (bicyclic) bond motifs is 1. The average Bonchev–Trinajstić information content (AvgIpc) is 2.53. The summed E-state index contributed by atoms with van der Waals surface area (Å²) in [7, 11) is 0. The zero-order valence-electron chi connectivity index (χ0n) is 17.6. The number of amides is 1. The van der Waals surface area contributed by atoms with Gasteiger partial charge < -0.3 is 10.2 Å². The van der Waals surface area contributed by atoms with Crippen LogP contribution in [0.4, 0.5) is 5.69 Å². The summed E-state index contributed by atoms with van der Waals surface area (Å²) in [5.74, 6) is -0.496. The number of halogens is 1. The molecule has 0 fully saturated rings. The first kappa shape index (κ1) is 12.6. The Balaban J connectivity index is 2.22. The van der Waals surface area contributed by atoms with Gasteiger partial charge in [0.1, 0.15) is 0 Å². The Morgan fingerprint density at radius 1 is 1.48 bits per heavy atom. The summed E-state index contributed by atoms with van der Waals surface area (Å²) < 4.78 is 32.9. The number of carbonyl (C=O) groups excluding carboxylic acids is 1. The Morgan fingerprint density at radius 2 is 2.26 bits per heavy atom. The van der Waals surface area contributed by atoms with Gasteiger partial charge in [0, 0.05) is 53.8 Å². The second-order valence-electron chi connectivity index (χ2n) is 5.32. The number of benzene rings is 1. The molecule has 0 aliphatic rings. The van der Waals surface area contributed by atoms with Crippen LogP contribution >= 0.6 is 11.6 Å². The van der Waals surface area contributed by atoms with Crippen molar-refractivity contribution in [3.63, 3.8) is 0 Å². The van der Waals surface area contributed by atoms with Gasteiger partial charge in [0.25, 0.3) is 0 Å². The zero-order valence-corrected chi connectivity index (χ0v) is 14.3. The second kappa shape index (κ2) is 8.16. The highest BCUT2D eigenvalue weighted by atomic mass is 35.5. The number of hydrogen-bond acceptors (Lipinski definition) is 3. The molecule has 1 aromatic carbocycles. The van der Waals surface area contributed by atoms with Gasteiger partial charge in [-0.05, 0) is 50.9 Å². The third-order valence-corrected chi connectivity index (χ3v) is 3.66. The molecule has 5 heteroatoms. The van der Waals surface area contributed by atoms with Gasteiger partial charge >= 0.3 is 0 Å². The molecule has 1 atom stereocenters. The van der Waals surface area contributed by atoms with Gasteiger partial charge in [-0.25, -0.2) is 0 Å². The SMILES string of the molecule is [2H]C([2H])(CC(C)Nc1ccnc2cc(Cl)ccc12)C([2H])([2H])N(CC)C(C)=O. The van der Waals surface area contributed by atoms with Crippen molar-refractivity contribution in [2.75, 3.05) is 18.4 Å². The normalized spacial score (nSPS) is 16.0. The van der Waals surface area contributed by atoms with Crippen molar-refractivity contribution in [2.24, 2.45) is 0 Å². The maximum absolute atomic E-state index is 11.7. The zero-order chi connectivity index (χ0) is 20.4. The number of hydrogen-bond donors (Lipinski definition) is 1. The van der Waals surface area contributed by atoms with E-state index < -0.39 is 18.8 Å². The van der Waals surface area contributed by atoms with Crippen LogP contribution in [0, 0.1) is 0 Å². The first-order chi connectivity index (χ1) is 12.5. The largest absolute Gasteiger partial charge is 0.382 e. The number of nitrogens with one attached hydrogen (secondary N) is 1. The molecule has 0 aliphatic heterocycles. The monoisotopic (exact) mass is 337 g/mol. The topological polar surface area (TPSA) is 45.2 Å². The molecule has 0 radical (unpaired) electrons. The molecule has 2 rings (SSSR count). The highest BCUT2D eigenvalue weighted by molar-refractivity contribution is 6.31. The smallest absolute Gasteiger partial charge is 0.219 e. The van der Waals surface area contributed by atoms with E-state index in [4.69, 9.17) is 17.1 Å². The molecule has 124 valence electrons. The summed E-state index contributed by atoms with van der Waals surface area (Å²) in [6.45, 7) is 2.33. The lowest BCUT2D eigenvalue weighted by Gasteiger charge is -2.21. The van der Waals surface area contributed by atoms with Crippen molar-refractivity contribution in [3.05, 3.63) is 35.5 Å². The third kappa shape index (κ3) is 4.83. The molecule has 2 aromatic rings. The van der Waals surface area contributed by atoms with Crippen LogP contribution in [0.5, 0.6) is 0 Å². The van der Waals surface area contributed by atoms with Crippen LogP contribution in [-0.2, 0) is 4.79 Å². The van der Waals surface area contributed by atoms with Crippen LogP contribution in [0.3, 0.4) is 0 Å². The van der Waals surface area contributed by atoms with Gasteiger partial charge in [0.2, 0.25) is 5.91 Å². The molecule has 0 aliphatic carbocycles. The Kier molecular flexibility index (Phi) is 4.47. The molecule has 23 heavy (non-hydrogen) atoms. The number of nitrogens with zero attached hydrogens (tertiary/aromatic N) is 2. The minimum atomic E-state index is -2.42. The van der Waals surface area contributed by atoms with Gasteiger partial charge in [0.05, 0.1) is 5.52 Å². The van der Waals surface area contributed by atoms with E-state index in [9.17, 15) is 4.79 Å². The fraction of sp³-hybridized carbons (Fsp3) is 0.444. The standard InChI is InChI=1S/C18H24ClN3O/c1-4-22(14(3)23)11-5-6-13(2)21-17-9-10-20-18-12-15(19)7-8-16(17)18/h7-10,12-13H,4-6,11H2,1-3H3,(H,20,21)/i5D2,11D2. The van der Waals surface area contributed by atoms with E-state index in [2.05, 4.69) is 10.3 Å². The quantitative estimate of drug-likeness (QED) is 0.817. The molecule has 0 bridgehead atoms. The molecular formula is C18H24ClN3O.